The Kier molecular flexibility index (Phi) is 3.27. The fourth-order valence-electron chi connectivity index (χ4n) is 1.68. The molecule has 0 bridgehead atoms. The van der Waals surface area contributed by atoms with Gasteiger partial charge < -0.3 is 14.2 Å². The first-order chi connectivity index (χ1) is 8.26. The molecule has 17 heavy (non-hydrogen) atoms. The van der Waals surface area contributed by atoms with Crippen LogP contribution in [-0.2, 0) is 14.3 Å². The summed E-state index contributed by atoms with van der Waals surface area (Å²) in [4.78, 5) is 15.4. The average Bonchev–Trinajstić information content (AvgIpc) is 2.87. The highest BCUT2D eigenvalue weighted by Gasteiger charge is 2.34. The Morgan fingerprint density at radius 2 is 2.00 bits per heavy atom. The lowest BCUT2D eigenvalue weighted by atomic mass is 10.0. The third-order valence-corrected chi connectivity index (χ3v) is 2.60. The molecule has 0 fully saturated rings. The first-order valence-electron chi connectivity index (χ1n) is 5.15. The molecule has 0 radical (unpaired) electrons. The Morgan fingerprint density at radius 3 is 2.59 bits per heavy atom. The lowest BCUT2D eigenvalue weighted by molar-refractivity contribution is -0.143. The zero-order valence-electron chi connectivity index (χ0n) is 9.62. The van der Waals surface area contributed by atoms with E-state index in [0.717, 1.165) is 11.3 Å². The number of esters is 1. The van der Waals surface area contributed by atoms with Gasteiger partial charge in [0.2, 0.25) is 0 Å². The third kappa shape index (κ3) is 2.22. The number of aliphatic imine (C=N–C) groups is 1. The first-order valence-corrected chi connectivity index (χ1v) is 5.15. The minimum atomic E-state index is -0.631. The maximum absolute atomic E-state index is 11.5. The summed E-state index contributed by atoms with van der Waals surface area (Å²) in [5.41, 5.74) is 0.860. The van der Waals surface area contributed by atoms with E-state index in [4.69, 9.17) is 9.47 Å². The number of rotatable bonds is 3. The van der Waals surface area contributed by atoms with Gasteiger partial charge in [0.15, 0.2) is 18.5 Å². The van der Waals surface area contributed by atoms with Gasteiger partial charge in [-0.15, -0.1) is 0 Å². The summed E-state index contributed by atoms with van der Waals surface area (Å²) in [7, 11) is 2.93. The quantitative estimate of drug-likeness (QED) is 0.742. The van der Waals surface area contributed by atoms with Gasteiger partial charge in [0.05, 0.1) is 14.2 Å². The SMILES string of the molecule is COC(=O)[C@@H]1N=CO[C@@H]1c1ccc(OC)cc1. The first kappa shape index (κ1) is 11.4. The second-order valence-electron chi connectivity index (χ2n) is 3.55. The second-order valence-corrected chi connectivity index (χ2v) is 3.55. The van der Waals surface area contributed by atoms with Crippen molar-refractivity contribution in [2.45, 2.75) is 12.1 Å². The molecule has 2 atom stereocenters. The largest absolute Gasteiger partial charge is 0.497 e. The van der Waals surface area contributed by atoms with E-state index in [9.17, 15) is 4.79 Å². The monoisotopic (exact) mass is 235 g/mol. The molecule has 0 saturated heterocycles. The Labute approximate surface area is 99.0 Å². The highest BCUT2D eigenvalue weighted by molar-refractivity contribution is 5.80. The summed E-state index contributed by atoms with van der Waals surface area (Å²) in [6.45, 7) is 0. The Morgan fingerprint density at radius 1 is 1.29 bits per heavy atom. The van der Waals surface area contributed by atoms with Gasteiger partial charge in [-0.2, -0.15) is 0 Å². The van der Waals surface area contributed by atoms with Crippen molar-refractivity contribution in [1.29, 1.82) is 0 Å². The van der Waals surface area contributed by atoms with E-state index >= 15 is 0 Å². The fourth-order valence-corrected chi connectivity index (χ4v) is 1.68. The highest BCUT2D eigenvalue weighted by atomic mass is 16.5. The molecule has 0 amide bonds. The van der Waals surface area contributed by atoms with Crippen molar-refractivity contribution >= 4 is 12.4 Å². The van der Waals surface area contributed by atoms with Crippen LogP contribution in [-0.4, -0.2) is 32.6 Å². The molecule has 2 rings (SSSR count). The number of carbonyl (C=O) groups is 1. The fraction of sp³-hybridized carbons (Fsp3) is 0.333. The van der Waals surface area contributed by atoms with Crippen LogP contribution in [0, 0.1) is 0 Å². The normalized spacial score (nSPS) is 22.0. The van der Waals surface area contributed by atoms with E-state index in [-0.39, 0.29) is 0 Å². The minimum absolute atomic E-state index is 0.403. The van der Waals surface area contributed by atoms with Crippen molar-refractivity contribution in [2.24, 2.45) is 4.99 Å². The standard InChI is InChI=1S/C12H13NO4/c1-15-9-5-3-8(4-6-9)11-10(12(14)16-2)13-7-17-11/h3-7,10-11H,1-2H3/t10-,11-/m1/s1. The van der Waals surface area contributed by atoms with E-state index < -0.39 is 18.1 Å². The Hall–Kier alpha value is -2.04. The highest BCUT2D eigenvalue weighted by Crippen LogP contribution is 2.28. The Bertz CT molecular complexity index is 427. The smallest absolute Gasteiger partial charge is 0.334 e. The van der Waals surface area contributed by atoms with E-state index in [1.807, 2.05) is 24.3 Å². The number of carbonyl (C=O) groups excluding carboxylic acids is 1. The number of ether oxygens (including phenoxy) is 3. The van der Waals surface area contributed by atoms with Crippen LogP contribution in [0.2, 0.25) is 0 Å². The topological polar surface area (TPSA) is 57.1 Å². The van der Waals surface area contributed by atoms with Crippen LogP contribution in [0.25, 0.3) is 0 Å². The van der Waals surface area contributed by atoms with Crippen molar-refractivity contribution in [1.82, 2.24) is 0 Å². The van der Waals surface area contributed by atoms with Crippen molar-refractivity contribution in [3.05, 3.63) is 29.8 Å². The van der Waals surface area contributed by atoms with Crippen molar-refractivity contribution in [3.63, 3.8) is 0 Å². The molecule has 0 aromatic heterocycles. The maximum atomic E-state index is 11.5. The average molecular weight is 235 g/mol. The van der Waals surface area contributed by atoms with Gasteiger partial charge in [-0.1, -0.05) is 12.1 Å². The molecular formula is C12H13NO4. The molecule has 1 aromatic rings. The van der Waals surface area contributed by atoms with Gasteiger partial charge in [0.25, 0.3) is 0 Å². The van der Waals surface area contributed by atoms with E-state index in [2.05, 4.69) is 9.73 Å². The van der Waals surface area contributed by atoms with Gasteiger partial charge in [0.1, 0.15) is 5.75 Å². The second kappa shape index (κ2) is 4.86. The van der Waals surface area contributed by atoms with Crippen molar-refractivity contribution in [2.75, 3.05) is 14.2 Å². The van der Waals surface area contributed by atoms with E-state index in [0.29, 0.717) is 0 Å². The van der Waals surface area contributed by atoms with E-state index in [1.165, 1.54) is 13.5 Å². The molecule has 1 heterocycles. The predicted molar refractivity (Wildman–Crippen MR) is 61.1 cm³/mol. The Balaban J connectivity index is 2.18. The summed E-state index contributed by atoms with van der Waals surface area (Å²) in [6.07, 6.45) is 0.865. The molecule has 0 unspecified atom stereocenters. The van der Waals surface area contributed by atoms with Gasteiger partial charge >= 0.3 is 5.97 Å². The molecule has 5 heteroatoms. The molecular weight excluding hydrogens is 222 g/mol. The van der Waals surface area contributed by atoms with Crippen LogP contribution in [0.15, 0.2) is 29.3 Å². The lowest BCUT2D eigenvalue weighted by Crippen LogP contribution is -2.25. The van der Waals surface area contributed by atoms with Crippen molar-refractivity contribution in [3.8, 4) is 5.75 Å². The van der Waals surface area contributed by atoms with Crippen LogP contribution in [0.4, 0.5) is 0 Å². The van der Waals surface area contributed by atoms with Crippen LogP contribution in [0.1, 0.15) is 11.7 Å². The third-order valence-electron chi connectivity index (χ3n) is 2.60. The molecule has 1 aromatic carbocycles. The van der Waals surface area contributed by atoms with Crippen molar-refractivity contribution < 1.29 is 19.0 Å². The summed E-state index contributed by atoms with van der Waals surface area (Å²) < 4.78 is 15.1. The minimum Gasteiger partial charge on any atom is -0.497 e. The van der Waals surface area contributed by atoms with E-state index in [1.54, 1.807) is 7.11 Å². The van der Waals surface area contributed by atoms with Crippen LogP contribution in [0.3, 0.4) is 0 Å². The number of benzene rings is 1. The lowest BCUT2D eigenvalue weighted by Gasteiger charge is -2.15. The molecule has 1 aliphatic heterocycles. The molecule has 1 aliphatic rings. The maximum Gasteiger partial charge on any atom is 0.334 e. The molecule has 0 N–H and O–H groups in total. The molecule has 0 saturated carbocycles. The molecule has 5 nitrogen and oxygen atoms in total. The number of hydrogen-bond acceptors (Lipinski definition) is 5. The van der Waals surface area contributed by atoms with Crippen LogP contribution < -0.4 is 4.74 Å². The van der Waals surface area contributed by atoms with Crippen LogP contribution >= 0.6 is 0 Å². The van der Waals surface area contributed by atoms with Gasteiger partial charge in [-0.3, -0.25) is 0 Å². The zero-order valence-corrected chi connectivity index (χ0v) is 9.62. The zero-order chi connectivity index (χ0) is 12.3. The van der Waals surface area contributed by atoms with Gasteiger partial charge in [-0.05, 0) is 17.7 Å². The van der Waals surface area contributed by atoms with Gasteiger partial charge in [-0.25, -0.2) is 9.79 Å². The predicted octanol–water partition coefficient (Wildman–Crippen LogP) is 1.34. The molecule has 0 spiro atoms. The molecule has 90 valence electrons. The molecule has 0 aliphatic carbocycles. The summed E-state index contributed by atoms with van der Waals surface area (Å²) in [6, 6.07) is 6.67. The number of methoxy groups -OCH3 is 2. The summed E-state index contributed by atoms with van der Waals surface area (Å²) in [5.74, 6) is 0.349. The number of nitrogens with zero attached hydrogens (tertiary/aromatic N) is 1. The van der Waals surface area contributed by atoms with Gasteiger partial charge in [0, 0.05) is 0 Å². The summed E-state index contributed by atoms with van der Waals surface area (Å²) in [5, 5.41) is 0. The summed E-state index contributed by atoms with van der Waals surface area (Å²) >= 11 is 0. The number of hydrogen-bond donors (Lipinski definition) is 0. The van der Waals surface area contributed by atoms with Crippen LogP contribution in [0.5, 0.6) is 5.75 Å².